The Hall–Kier alpha value is -2.48. The number of carbonyl (C=O) groups is 2. The molecular weight excluding hydrogens is 386 g/mol. The van der Waals surface area contributed by atoms with Crippen molar-refractivity contribution in [3.8, 4) is 0 Å². The normalized spacial score (nSPS) is 18.1. The van der Waals surface area contributed by atoms with Crippen molar-refractivity contribution in [3.05, 3.63) is 40.6 Å². The molecule has 1 atom stereocenters. The van der Waals surface area contributed by atoms with Crippen LogP contribution < -0.4 is 15.1 Å². The Morgan fingerprint density at radius 1 is 1.28 bits per heavy atom. The number of urea groups is 1. The fourth-order valence-corrected chi connectivity index (χ4v) is 3.52. The molecule has 2 aromatic rings. The van der Waals surface area contributed by atoms with Crippen molar-refractivity contribution in [1.29, 1.82) is 0 Å². The van der Waals surface area contributed by atoms with E-state index in [1.165, 1.54) is 6.92 Å². The fourth-order valence-electron chi connectivity index (χ4n) is 3.29. The van der Waals surface area contributed by atoms with E-state index in [0.717, 1.165) is 29.7 Å². The molecule has 0 aromatic carbocycles. The molecular formula is C17H16BrN5O2. The van der Waals surface area contributed by atoms with E-state index in [4.69, 9.17) is 0 Å². The number of ketones is 1. The summed E-state index contributed by atoms with van der Waals surface area (Å²) >= 11 is 3.32. The number of amides is 2. The molecule has 2 amide bonds. The molecule has 2 aromatic heterocycles. The third-order valence-corrected chi connectivity index (χ3v) is 4.96. The van der Waals surface area contributed by atoms with E-state index < -0.39 is 0 Å². The number of carbonyl (C=O) groups excluding carboxylic acids is 2. The minimum absolute atomic E-state index is 0.0395. The molecule has 2 aliphatic heterocycles. The smallest absolute Gasteiger partial charge is 0.329 e. The number of pyridine rings is 2. The molecule has 0 saturated carbocycles. The SMILES string of the molecule is CC(=O)c1ccc2c(n1)N(C(=O)Nc1ccc(Br)cn1)[C@H]1CCN2C1. The Morgan fingerprint density at radius 3 is 2.84 bits per heavy atom. The van der Waals surface area contributed by atoms with Gasteiger partial charge in [-0.25, -0.2) is 14.8 Å². The molecule has 0 unspecified atom stereocenters. The Morgan fingerprint density at radius 2 is 2.12 bits per heavy atom. The number of rotatable bonds is 2. The summed E-state index contributed by atoms with van der Waals surface area (Å²) in [4.78, 5) is 37.1. The van der Waals surface area contributed by atoms with Crippen LogP contribution in [0.25, 0.3) is 0 Å². The van der Waals surface area contributed by atoms with Crippen LogP contribution in [-0.2, 0) is 0 Å². The number of aromatic nitrogens is 2. The second kappa shape index (κ2) is 6.11. The van der Waals surface area contributed by atoms with Crippen LogP contribution in [-0.4, -0.2) is 40.9 Å². The van der Waals surface area contributed by atoms with Gasteiger partial charge in [0.1, 0.15) is 11.5 Å². The van der Waals surface area contributed by atoms with Crippen molar-refractivity contribution in [1.82, 2.24) is 9.97 Å². The number of hydrogen-bond donors (Lipinski definition) is 1. The van der Waals surface area contributed by atoms with Crippen LogP contribution in [0.5, 0.6) is 0 Å². The highest BCUT2D eigenvalue weighted by Gasteiger charge is 2.40. The predicted octanol–water partition coefficient (Wildman–Crippen LogP) is 3.07. The van der Waals surface area contributed by atoms with Gasteiger partial charge in [-0.2, -0.15) is 0 Å². The van der Waals surface area contributed by atoms with Gasteiger partial charge in [0, 0.05) is 30.7 Å². The number of nitrogens with zero attached hydrogens (tertiary/aromatic N) is 4. The molecule has 1 N–H and O–H groups in total. The number of halogens is 1. The van der Waals surface area contributed by atoms with Crippen LogP contribution in [0.1, 0.15) is 23.8 Å². The lowest BCUT2D eigenvalue weighted by atomic mass is 10.1. The average molecular weight is 402 g/mol. The van der Waals surface area contributed by atoms with Crippen LogP contribution >= 0.6 is 15.9 Å². The van der Waals surface area contributed by atoms with Gasteiger partial charge in [0.05, 0.1) is 11.7 Å². The second-order valence-electron chi connectivity index (χ2n) is 6.15. The Kier molecular flexibility index (Phi) is 3.91. The van der Waals surface area contributed by atoms with Crippen molar-refractivity contribution < 1.29 is 9.59 Å². The summed E-state index contributed by atoms with van der Waals surface area (Å²) in [6.07, 6.45) is 2.50. The van der Waals surface area contributed by atoms with Gasteiger partial charge in [0.25, 0.3) is 0 Å². The molecule has 0 aliphatic carbocycles. The zero-order valence-electron chi connectivity index (χ0n) is 13.6. The lowest BCUT2D eigenvalue weighted by Crippen LogP contribution is -2.48. The summed E-state index contributed by atoms with van der Waals surface area (Å²) in [5.41, 5.74) is 1.25. The van der Waals surface area contributed by atoms with E-state index in [1.807, 2.05) is 12.1 Å². The Labute approximate surface area is 153 Å². The molecule has 1 saturated heterocycles. The maximum atomic E-state index is 12.9. The molecule has 25 heavy (non-hydrogen) atoms. The number of hydrogen-bond acceptors (Lipinski definition) is 5. The monoisotopic (exact) mass is 401 g/mol. The zero-order valence-corrected chi connectivity index (χ0v) is 15.2. The third kappa shape index (κ3) is 2.86. The first-order valence-electron chi connectivity index (χ1n) is 8.01. The van der Waals surface area contributed by atoms with Crippen LogP contribution in [0.3, 0.4) is 0 Å². The van der Waals surface area contributed by atoms with Crippen molar-refractivity contribution in [2.24, 2.45) is 0 Å². The van der Waals surface area contributed by atoms with Crippen LogP contribution in [0.2, 0.25) is 0 Å². The standard InChI is InChI=1S/C17H16BrN5O2/c1-10(24)13-3-4-14-16(20-13)23(12-6-7-22(14)9-12)17(25)21-15-5-2-11(18)8-19-15/h2-5,8,12H,6-7,9H2,1H3,(H,19,21,25)/t12-/m0/s1. The van der Waals surface area contributed by atoms with E-state index in [1.54, 1.807) is 23.2 Å². The largest absolute Gasteiger partial charge is 0.366 e. The number of fused-ring (bicyclic) bond motifs is 4. The van der Waals surface area contributed by atoms with Crippen molar-refractivity contribution in [2.75, 3.05) is 28.2 Å². The summed E-state index contributed by atoms with van der Waals surface area (Å²) in [7, 11) is 0. The maximum absolute atomic E-state index is 12.9. The molecule has 1 fully saturated rings. The molecule has 0 spiro atoms. The van der Waals surface area contributed by atoms with E-state index in [2.05, 4.69) is 36.1 Å². The number of Topliss-reactive ketones (excluding diaryl/α,β-unsaturated/α-hetero) is 1. The second-order valence-corrected chi connectivity index (χ2v) is 7.06. The van der Waals surface area contributed by atoms with Gasteiger partial charge in [-0.1, -0.05) is 0 Å². The molecule has 4 rings (SSSR count). The molecule has 8 heteroatoms. The molecule has 7 nitrogen and oxygen atoms in total. The Bertz CT molecular complexity index is 855. The highest BCUT2D eigenvalue weighted by molar-refractivity contribution is 9.10. The first kappa shape index (κ1) is 16.0. The van der Waals surface area contributed by atoms with Gasteiger partial charge in [-0.15, -0.1) is 0 Å². The predicted molar refractivity (Wildman–Crippen MR) is 98.3 cm³/mol. The topological polar surface area (TPSA) is 78.4 Å². The summed E-state index contributed by atoms with van der Waals surface area (Å²) in [6.45, 7) is 3.12. The minimum atomic E-state index is -0.282. The van der Waals surface area contributed by atoms with Crippen molar-refractivity contribution >= 4 is 45.1 Å². The minimum Gasteiger partial charge on any atom is -0.366 e. The van der Waals surface area contributed by atoms with Crippen molar-refractivity contribution in [2.45, 2.75) is 19.4 Å². The lowest BCUT2D eigenvalue weighted by Gasteiger charge is -2.35. The first-order valence-corrected chi connectivity index (χ1v) is 8.81. The Balaban J connectivity index is 1.69. The maximum Gasteiger partial charge on any atom is 0.329 e. The third-order valence-electron chi connectivity index (χ3n) is 4.49. The summed E-state index contributed by atoms with van der Waals surface area (Å²) in [5, 5.41) is 2.82. The van der Waals surface area contributed by atoms with Gasteiger partial charge in [-0.3, -0.25) is 15.0 Å². The van der Waals surface area contributed by atoms with Gasteiger partial charge in [-0.05, 0) is 46.6 Å². The van der Waals surface area contributed by atoms with E-state index >= 15 is 0 Å². The summed E-state index contributed by atoms with van der Waals surface area (Å²) in [5.74, 6) is 0.889. The van der Waals surface area contributed by atoms with E-state index in [0.29, 0.717) is 17.3 Å². The molecule has 2 bridgehead atoms. The summed E-state index contributed by atoms with van der Waals surface area (Å²) in [6, 6.07) is 6.89. The van der Waals surface area contributed by atoms with Crippen LogP contribution in [0, 0.1) is 0 Å². The molecule has 2 aliphatic rings. The molecule has 4 heterocycles. The fraction of sp³-hybridized carbons (Fsp3) is 0.294. The zero-order chi connectivity index (χ0) is 17.6. The van der Waals surface area contributed by atoms with Gasteiger partial charge < -0.3 is 4.90 Å². The highest BCUT2D eigenvalue weighted by Crippen LogP contribution is 2.39. The van der Waals surface area contributed by atoms with Crippen LogP contribution in [0.4, 0.5) is 22.1 Å². The number of anilines is 3. The molecule has 128 valence electrons. The van der Waals surface area contributed by atoms with Crippen LogP contribution in [0.15, 0.2) is 34.9 Å². The average Bonchev–Trinajstić information content (AvgIpc) is 3.01. The highest BCUT2D eigenvalue weighted by atomic mass is 79.9. The van der Waals surface area contributed by atoms with Gasteiger partial charge in [0.15, 0.2) is 11.6 Å². The van der Waals surface area contributed by atoms with Gasteiger partial charge in [0.2, 0.25) is 0 Å². The van der Waals surface area contributed by atoms with E-state index in [-0.39, 0.29) is 17.9 Å². The van der Waals surface area contributed by atoms with Crippen molar-refractivity contribution in [3.63, 3.8) is 0 Å². The number of nitrogens with one attached hydrogen (secondary N) is 1. The summed E-state index contributed by atoms with van der Waals surface area (Å²) < 4.78 is 0.841. The quantitative estimate of drug-likeness (QED) is 0.782. The lowest BCUT2D eigenvalue weighted by molar-refractivity contribution is 0.101. The molecule has 0 radical (unpaired) electrons. The first-order chi connectivity index (χ1) is 12.0. The van der Waals surface area contributed by atoms with Gasteiger partial charge >= 0.3 is 6.03 Å². The van der Waals surface area contributed by atoms with E-state index in [9.17, 15) is 9.59 Å².